The summed E-state index contributed by atoms with van der Waals surface area (Å²) < 4.78 is 52.5. The molecule has 1 aromatic rings. The molecule has 0 amide bonds. The highest BCUT2D eigenvalue weighted by atomic mass is 32.2. The Morgan fingerprint density at radius 1 is 1.13 bits per heavy atom. The van der Waals surface area contributed by atoms with E-state index in [0.29, 0.717) is 19.0 Å². The molecule has 6 nitrogen and oxygen atoms in total. The number of benzene rings is 1. The Labute approximate surface area is 179 Å². The van der Waals surface area contributed by atoms with Gasteiger partial charge in [-0.25, -0.2) is 12.8 Å². The number of piperidine rings is 2. The second-order valence-electron chi connectivity index (χ2n) is 8.93. The lowest BCUT2D eigenvalue weighted by Crippen LogP contribution is -2.49. The van der Waals surface area contributed by atoms with Gasteiger partial charge in [0.15, 0.2) is 0 Å². The van der Waals surface area contributed by atoms with Crippen LogP contribution in [0.1, 0.15) is 44.9 Å². The molecule has 3 fully saturated rings. The van der Waals surface area contributed by atoms with Gasteiger partial charge in [0.2, 0.25) is 10.0 Å². The molecule has 0 aliphatic carbocycles. The van der Waals surface area contributed by atoms with Gasteiger partial charge >= 0.3 is 0 Å². The maximum atomic E-state index is 13.7. The van der Waals surface area contributed by atoms with Crippen LogP contribution in [-0.4, -0.2) is 69.7 Å². The second-order valence-corrected chi connectivity index (χ2v) is 10.8. The van der Waals surface area contributed by atoms with Crippen molar-refractivity contribution in [1.29, 1.82) is 0 Å². The van der Waals surface area contributed by atoms with Crippen molar-refractivity contribution in [3.8, 4) is 5.75 Å². The summed E-state index contributed by atoms with van der Waals surface area (Å²) in [6, 6.07) is 3.64. The predicted octanol–water partition coefficient (Wildman–Crippen LogP) is 3.27. The van der Waals surface area contributed by atoms with Crippen molar-refractivity contribution in [1.82, 2.24) is 9.21 Å². The van der Waals surface area contributed by atoms with Gasteiger partial charge in [0, 0.05) is 39.3 Å². The van der Waals surface area contributed by atoms with Crippen molar-refractivity contribution in [2.45, 2.75) is 55.4 Å². The molecule has 168 valence electrons. The van der Waals surface area contributed by atoms with E-state index in [1.54, 1.807) is 0 Å². The number of methoxy groups -OCH3 is 1. The third kappa shape index (κ3) is 4.66. The highest BCUT2D eigenvalue weighted by Crippen LogP contribution is 2.36. The van der Waals surface area contributed by atoms with Crippen LogP contribution in [0.5, 0.6) is 5.75 Å². The first-order valence-corrected chi connectivity index (χ1v) is 12.6. The SMILES string of the molecule is COc1ccc(F)cc1S(=O)(=O)N1CCC(CN2CCC3(CCCCO3)CC2)CC1. The summed E-state index contributed by atoms with van der Waals surface area (Å²) >= 11 is 0. The molecule has 0 radical (unpaired) electrons. The minimum absolute atomic E-state index is 0.0859. The quantitative estimate of drug-likeness (QED) is 0.703. The van der Waals surface area contributed by atoms with Crippen LogP contribution in [-0.2, 0) is 14.8 Å². The van der Waals surface area contributed by atoms with E-state index in [2.05, 4.69) is 4.90 Å². The number of hydrogen-bond acceptors (Lipinski definition) is 5. The number of sulfonamides is 1. The molecule has 4 rings (SSSR count). The maximum absolute atomic E-state index is 13.7. The molecule has 3 saturated heterocycles. The van der Waals surface area contributed by atoms with E-state index < -0.39 is 15.8 Å². The highest BCUT2D eigenvalue weighted by molar-refractivity contribution is 7.89. The Morgan fingerprint density at radius 2 is 1.87 bits per heavy atom. The lowest BCUT2D eigenvalue weighted by atomic mass is 9.84. The molecule has 30 heavy (non-hydrogen) atoms. The molecule has 0 aromatic heterocycles. The smallest absolute Gasteiger partial charge is 0.246 e. The van der Waals surface area contributed by atoms with E-state index in [1.165, 1.54) is 42.8 Å². The van der Waals surface area contributed by atoms with Gasteiger partial charge < -0.3 is 14.4 Å². The van der Waals surface area contributed by atoms with E-state index in [0.717, 1.165) is 58.0 Å². The number of hydrogen-bond donors (Lipinski definition) is 0. The zero-order valence-corrected chi connectivity index (χ0v) is 18.6. The van der Waals surface area contributed by atoms with Crippen LogP contribution in [0.4, 0.5) is 4.39 Å². The lowest BCUT2D eigenvalue weighted by molar-refractivity contribution is -0.112. The average molecular weight is 441 g/mol. The third-order valence-electron chi connectivity index (χ3n) is 7.04. The van der Waals surface area contributed by atoms with Gasteiger partial charge in [-0.3, -0.25) is 0 Å². The van der Waals surface area contributed by atoms with Crippen molar-refractivity contribution in [3.63, 3.8) is 0 Å². The first-order chi connectivity index (χ1) is 14.4. The van der Waals surface area contributed by atoms with E-state index in [1.807, 2.05) is 0 Å². The standard InChI is InChI=1S/C22H33FN2O4S/c1-28-20-5-4-19(23)16-21(20)30(26,27)25-11-6-18(7-12-25)17-24-13-9-22(10-14-24)8-2-3-15-29-22/h4-5,16,18H,2-3,6-15,17H2,1H3. The fourth-order valence-electron chi connectivity index (χ4n) is 5.14. The Morgan fingerprint density at radius 3 is 2.50 bits per heavy atom. The first kappa shape index (κ1) is 22.0. The van der Waals surface area contributed by atoms with Gasteiger partial charge in [-0.15, -0.1) is 0 Å². The van der Waals surface area contributed by atoms with Gasteiger partial charge in [0.25, 0.3) is 0 Å². The normalized spacial score (nSPS) is 24.2. The topological polar surface area (TPSA) is 59.1 Å². The molecule has 1 spiro atoms. The summed E-state index contributed by atoms with van der Waals surface area (Å²) in [6.07, 6.45) is 7.54. The molecule has 1 aromatic carbocycles. The van der Waals surface area contributed by atoms with E-state index >= 15 is 0 Å². The van der Waals surface area contributed by atoms with Crippen LogP contribution in [0.25, 0.3) is 0 Å². The molecule has 3 aliphatic rings. The van der Waals surface area contributed by atoms with Gasteiger partial charge in [-0.05, 0) is 69.1 Å². The minimum Gasteiger partial charge on any atom is -0.495 e. The molecule has 0 atom stereocenters. The van der Waals surface area contributed by atoms with Crippen molar-refractivity contribution < 1.29 is 22.3 Å². The monoisotopic (exact) mass is 440 g/mol. The maximum Gasteiger partial charge on any atom is 0.246 e. The van der Waals surface area contributed by atoms with Crippen molar-refractivity contribution in [2.75, 3.05) is 46.4 Å². The first-order valence-electron chi connectivity index (χ1n) is 11.1. The summed E-state index contributed by atoms with van der Waals surface area (Å²) in [7, 11) is -2.36. The van der Waals surface area contributed by atoms with Crippen LogP contribution in [0.3, 0.4) is 0 Å². The highest BCUT2D eigenvalue weighted by Gasteiger charge is 2.38. The van der Waals surface area contributed by atoms with E-state index in [-0.39, 0.29) is 16.2 Å². The van der Waals surface area contributed by atoms with Gasteiger partial charge in [0.05, 0.1) is 12.7 Å². The van der Waals surface area contributed by atoms with Crippen molar-refractivity contribution >= 4 is 10.0 Å². The number of nitrogens with zero attached hydrogens (tertiary/aromatic N) is 2. The Hall–Kier alpha value is -1.22. The van der Waals surface area contributed by atoms with Crippen LogP contribution in [0, 0.1) is 11.7 Å². The third-order valence-corrected chi connectivity index (χ3v) is 8.96. The van der Waals surface area contributed by atoms with Crippen molar-refractivity contribution in [3.05, 3.63) is 24.0 Å². The Bertz CT molecular complexity index is 824. The molecule has 8 heteroatoms. The molecular weight excluding hydrogens is 407 g/mol. The van der Waals surface area contributed by atoms with Crippen LogP contribution in [0.15, 0.2) is 23.1 Å². The molecule has 0 bridgehead atoms. The van der Waals surface area contributed by atoms with Crippen LogP contribution < -0.4 is 4.74 Å². The molecule has 0 unspecified atom stereocenters. The van der Waals surface area contributed by atoms with Crippen LogP contribution >= 0.6 is 0 Å². The fourth-order valence-corrected chi connectivity index (χ4v) is 6.77. The fraction of sp³-hybridized carbons (Fsp3) is 0.727. The van der Waals surface area contributed by atoms with E-state index in [4.69, 9.17) is 9.47 Å². The summed E-state index contributed by atoms with van der Waals surface area (Å²) in [5.74, 6) is 0.104. The largest absolute Gasteiger partial charge is 0.495 e. The van der Waals surface area contributed by atoms with E-state index in [9.17, 15) is 12.8 Å². The molecule has 0 N–H and O–H groups in total. The average Bonchev–Trinajstić information content (AvgIpc) is 2.76. The molecular formula is C22H33FN2O4S. The molecule has 3 aliphatic heterocycles. The number of likely N-dealkylation sites (tertiary alicyclic amines) is 1. The summed E-state index contributed by atoms with van der Waals surface area (Å²) in [4.78, 5) is 2.44. The predicted molar refractivity (Wildman–Crippen MR) is 113 cm³/mol. The van der Waals surface area contributed by atoms with Gasteiger partial charge in [0.1, 0.15) is 16.5 Å². The van der Waals surface area contributed by atoms with Crippen LogP contribution in [0.2, 0.25) is 0 Å². The second kappa shape index (κ2) is 9.10. The summed E-state index contributed by atoms with van der Waals surface area (Å²) in [6.45, 7) is 5.00. The summed E-state index contributed by atoms with van der Waals surface area (Å²) in [5, 5.41) is 0. The zero-order valence-electron chi connectivity index (χ0n) is 17.8. The number of ether oxygens (including phenoxy) is 2. The van der Waals surface area contributed by atoms with Gasteiger partial charge in [-0.2, -0.15) is 4.31 Å². The summed E-state index contributed by atoms with van der Waals surface area (Å²) in [5.41, 5.74) is 0.121. The number of halogens is 1. The number of rotatable bonds is 5. The molecule has 0 saturated carbocycles. The molecule has 3 heterocycles. The zero-order chi connectivity index (χ0) is 21.2. The minimum atomic E-state index is -3.76. The lowest BCUT2D eigenvalue weighted by Gasteiger charge is -2.45. The van der Waals surface area contributed by atoms with Crippen molar-refractivity contribution in [2.24, 2.45) is 5.92 Å². The van der Waals surface area contributed by atoms with Gasteiger partial charge in [-0.1, -0.05) is 0 Å². The Balaban J connectivity index is 1.30. The Kier molecular flexibility index (Phi) is 6.67.